The van der Waals surface area contributed by atoms with Crippen molar-refractivity contribution in [2.24, 2.45) is 0 Å². The molecule has 1 aliphatic heterocycles. The Morgan fingerprint density at radius 2 is 1.97 bits per heavy atom. The molecule has 30 heavy (non-hydrogen) atoms. The molecule has 7 nitrogen and oxygen atoms in total. The zero-order chi connectivity index (χ0) is 20.8. The van der Waals surface area contributed by atoms with Gasteiger partial charge in [-0.2, -0.15) is 4.98 Å². The fourth-order valence-corrected chi connectivity index (χ4v) is 3.45. The number of nitrogens with zero attached hydrogens (tertiary/aromatic N) is 4. The maximum atomic E-state index is 13.0. The molecule has 1 aliphatic rings. The van der Waals surface area contributed by atoms with Crippen LogP contribution in [0.4, 0.5) is 10.2 Å². The van der Waals surface area contributed by atoms with Crippen molar-refractivity contribution >= 4 is 11.7 Å². The Hall–Kier alpha value is -3.29. The van der Waals surface area contributed by atoms with Gasteiger partial charge in [0.1, 0.15) is 11.6 Å². The number of halogens is 1. The number of hydrogen-bond donors (Lipinski definition) is 1. The minimum absolute atomic E-state index is 0.0205. The molecule has 0 atom stereocenters. The number of pyridine rings is 1. The number of hydrogen-bond acceptors (Lipinski definition) is 6. The first-order valence-electron chi connectivity index (χ1n) is 10.2. The third-order valence-corrected chi connectivity index (χ3v) is 5.09. The molecule has 1 N–H and O–H groups in total. The van der Waals surface area contributed by atoms with Crippen LogP contribution in [-0.2, 0) is 17.8 Å². The minimum Gasteiger partial charge on any atom is -0.357 e. The van der Waals surface area contributed by atoms with E-state index >= 15 is 0 Å². The lowest BCUT2D eigenvalue weighted by Gasteiger charge is -2.17. The molecule has 0 saturated carbocycles. The number of benzene rings is 1. The summed E-state index contributed by atoms with van der Waals surface area (Å²) in [6.45, 7) is 2.57. The summed E-state index contributed by atoms with van der Waals surface area (Å²) in [5.41, 5.74) is 1.73. The van der Waals surface area contributed by atoms with E-state index < -0.39 is 0 Å². The number of rotatable bonds is 8. The molecule has 0 aliphatic carbocycles. The third-order valence-electron chi connectivity index (χ3n) is 5.09. The van der Waals surface area contributed by atoms with Crippen LogP contribution in [0.1, 0.15) is 37.1 Å². The lowest BCUT2D eigenvalue weighted by Crippen LogP contribution is -2.23. The van der Waals surface area contributed by atoms with Gasteiger partial charge in [0.2, 0.25) is 17.6 Å². The number of aromatic nitrogens is 3. The summed E-state index contributed by atoms with van der Waals surface area (Å²) in [5.74, 6) is 1.53. The van der Waals surface area contributed by atoms with Gasteiger partial charge in [-0.3, -0.25) is 4.79 Å². The van der Waals surface area contributed by atoms with Crippen molar-refractivity contribution in [2.75, 3.05) is 18.0 Å². The molecule has 0 spiro atoms. The molecule has 156 valence electrons. The van der Waals surface area contributed by atoms with Crippen LogP contribution in [0.2, 0.25) is 0 Å². The van der Waals surface area contributed by atoms with E-state index in [1.54, 1.807) is 18.3 Å². The molecule has 4 rings (SSSR count). The highest BCUT2D eigenvalue weighted by atomic mass is 19.1. The second-order valence-corrected chi connectivity index (χ2v) is 7.37. The summed E-state index contributed by atoms with van der Waals surface area (Å²) in [4.78, 5) is 23.2. The van der Waals surface area contributed by atoms with E-state index in [1.807, 2.05) is 12.1 Å². The van der Waals surface area contributed by atoms with Gasteiger partial charge in [0.25, 0.3) is 0 Å². The highest BCUT2D eigenvalue weighted by Gasteiger charge is 2.14. The Morgan fingerprint density at radius 3 is 2.77 bits per heavy atom. The smallest absolute Gasteiger partial charge is 0.226 e. The standard InChI is InChI=1S/C22H24FN5O2/c23-18-8-6-17(7-9-18)22-26-21(30-27-22)5-3-4-20(29)25-15-16-10-11-24-19(14-16)28-12-1-2-13-28/h6-11,14H,1-5,12-13,15H2,(H,25,29). The summed E-state index contributed by atoms with van der Waals surface area (Å²) in [5, 5.41) is 6.86. The van der Waals surface area contributed by atoms with Crippen LogP contribution in [0.3, 0.4) is 0 Å². The average Bonchev–Trinajstić information content (AvgIpc) is 3.46. The number of anilines is 1. The Kier molecular flexibility index (Phi) is 6.32. The van der Waals surface area contributed by atoms with E-state index in [4.69, 9.17) is 4.52 Å². The topological polar surface area (TPSA) is 84.1 Å². The average molecular weight is 409 g/mol. The van der Waals surface area contributed by atoms with Gasteiger partial charge >= 0.3 is 0 Å². The van der Waals surface area contributed by atoms with Gasteiger partial charge in [-0.25, -0.2) is 9.37 Å². The Labute approximate surface area is 174 Å². The van der Waals surface area contributed by atoms with Gasteiger partial charge in [0.15, 0.2) is 0 Å². The predicted octanol–water partition coefficient (Wildman–Crippen LogP) is 3.51. The molecule has 0 bridgehead atoms. The Balaban J connectivity index is 1.21. The van der Waals surface area contributed by atoms with Crippen molar-refractivity contribution in [1.29, 1.82) is 0 Å². The summed E-state index contributed by atoms with van der Waals surface area (Å²) in [7, 11) is 0. The van der Waals surface area contributed by atoms with Crippen molar-refractivity contribution in [1.82, 2.24) is 20.4 Å². The molecule has 2 aromatic heterocycles. The number of carbonyl (C=O) groups excluding carboxylic acids is 1. The van der Waals surface area contributed by atoms with E-state index in [0.717, 1.165) is 24.5 Å². The fraction of sp³-hybridized carbons (Fsp3) is 0.364. The van der Waals surface area contributed by atoms with Crippen LogP contribution < -0.4 is 10.2 Å². The van der Waals surface area contributed by atoms with E-state index in [-0.39, 0.29) is 11.7 Å². The molecule has 1 aromatic carbocycles. The molecule has 3 aromatic rings. The van der Waals surface area contributed by atoms with E-state index in [1.165, 1.54) is 25.0 Å². The molecule has 3 heterocycles. The predicted molar refractivity (Wildman–Crippen MR) is 110 cm³/mol. The first-order valence-corrected chi connectivity index (χ1v) is 10.2. The van der Waals surface area contributed by atoms with Crippen molar-refractivity contribution in [3.8, 4) is 11.4 Å². The monoisotopic (exact) mass is 409 g/mol. The van der Waals surface area contributed by atoms with Crippen LogP contribution >= 0.6 is 0 Å². The van der Waals surface area contributed by atoms with Crippen LogP contribution in [-0.4, -0.2) is 34.1 Å². The second-order valence-electron chi connectivity index (χ2n) is 7.37. The van der Waals surface area contributed by atoms with E-state index in [2.05, 4.69) is 25.3 Å². The van der Waals surface area contributed by atoms with Crippen LogP contribution in [0.15, 0.2) is 47.1 Å². The fourth-order valence-electron chi connectivity index (χ4n) is 3.45. The van der Waals surface area contributed by atoms with E-state index in [9.17, 15) is 9.18 Å². The second kappa shape index (κ2) is 9.47. The van der Waals surface area contributed by atoms with Gasteiger partial charge in [-0.05, 0) is 61.2 Å². The van der Waals surface area contributed by atoms with Gasteiger partial charge in [0, 0.05) is 44.2 Å². The SMILES string of the molecule is O=C(CCCc1nc(-c2ccc(F)cc2)no1)NCc1ccnc(N2CCCC2)c1. The van der Waals surface area contributed by atoms with Gasteiger partial charge < -0.3 is 14.7 Å². The zero-order valence-corrected chi connectivity index (χ0v) is 16.7. The number of amides is 1. The largest absolute Gasteiger partial charge is 0.357 e. The molecule has 1 amide bonds. The van der Waals surface area contributed by atoms with Crippen molar-refractivity contribution in [3.63, 3.8) is 0 Å². The molecule has 0 radical (unpaired) electrons. The molecule has 0 unspecified atom stereocenters. The Morgan fingerprint density at radius 1 is 1.17 bits per heavy atom. The van der Waals surface area contributed by atoms with Crippen LogP contribution in [0.25, 0.3) is 11.4 Å². The first-order chi connectivity index (χ1) is 14.7. The number of aryl methyl sites for hydroxylation is 1. The summed E-state index contributed by atoms with van der Waals surface area (Å²) < 4.78 is 18.2. The van der Waals surface area contributed by atoms with Crippen molar-refractivity contribution < 1.29 is 13.7 Å². The zero-order valence-electron chi connectivity index (χ0n) is 16.7. The van der Waals surface area contributed by atoms with Gasteiger partial charge in [-0.1, -0.05) is 5.16 Å². The quantitative estimate of drug-likeness (QED) is 0.613. The minimum atomic E-state index is -0.312. The highest BCUT2D eigenvalue weighted by Crippen LogP contribution is 2.19. The summed E-state index contributed by atoms with van der Waals surface area (Å²) >= 11 is 0. The third kappa shape index (κ3) is 5.20. The molecule has 8 heteroatoms. The summed E-state index contributed by atoms with van der Waals surface area (Å²) in [6, 6.07) is 9.88. The van der Waals surface area contributed by atoms with E-state index in [0.29, 0.717) is 43.1 Å². The molecular formula is C22H24FN5O2. The van der Waals surface area contributed by atoms with Crippen molar-refractivity contribution in [2.45, 2.75) is 38.6 Å². The molecule has 1 fully saturated rings. The highest BCUT2D eigenvalue weighted by molar-refractivity contribution is 5.75. The van der Waals surface area contributed by atoms with Crippen molar-refractivity contribution in [3.05, 3.63) is 59.9 Å². The normalized spacial score (nSPS) is 13.6. The number of nitrogens with one attached hydrogen (secondary N) is 1. The lowest BCUT2D eigenvalue weighted by atomic mass is 10.2. The van der Waals surface area contributed by atoms with Crippen LogP contribution in [0, 0.1) is 5.82 Å². The lowest BCUT2D eigenvalue weighted by molar-refractivity contribution is -0.121. The van der Waals surface area contributed by atoms with Crippen LogP contribution in [0.5, 0.6) is 0 Å². The van der Waals surface area contributed by atoms with Gasteiger partial charge in [0.05, 0.1) is 0 Å². The molecular weight excluding hydrogens is 385 g/mol. The molecule has 1 saturated heterocycles. The first kappa shape index (κ1) is 20.0. The van der Waals surface area contributed by atoms with Gasteiger partial charge in [-0.15, -0.1) is 0 Å². The number of carbonyl (C=O) groups is 1. The maximum Gasteiger partial charge on any atom is 0.226 e. The Bertz CT molecular complexity index is 983. The maximum absolute atomic E-state index is 13.0. The summed E-state index contributed by atoms with van der Waals surface area (Å²) in [6.07, 6.45) is 5.69.